The van der Waals surface area contributed by atoms with Gasteiger partial charge in [-0.25, -0.2) is 4.98 Å². The maximum Gasteiger partial charge on any atom is 1.00 e. The van der Waals surface area contributed by atoms with Crippen LogP contribution < -0.4 is 56.5 Å². The fraction of sp³-hybridized carbons (Fsp3) is 0.100. The van der Waals surface area contributed by atoms with Crippen molar-refractivity contribution >= 4 is 34.3 Å². The number of nitrogens with one attached hydrogen (secondary N) is 1. The van der Waals surface area contributed by atoms with Gasteiger partial charge in [-0.3, -0.25) is 4.79 Å². The fourth-order valence-corrected chi connectivity index (χ4v) is 1.77. The molecule has 0 aliphatic carbocycles. The van der Waals surface area contributed by atoms with E-state index in [4.69, 9.17) is 11.6 Å². The summed E-state index contributed by atoms with van der Waals surface area (Å²) in [7, 11) is 0. The number of halogens is 1. The monoisotopic (exact) mass is 276 g/mol. The number of carboxylic acids is 1. The summed E-state index contributed by atoms with van der Waals surface area (Å²) in [6.45, 7) is 1.71. The van der Waals surface area contributed by atoms with E-state index in [-0.39, 0.29) is 62.1 Å². The molecule has 1 N–H and O–H groups in total. The van der Waals surface area contributed by atoms with Gasteiger partial charge in [0.05, 0.1) is 5.52 Å². The van der Waals surface area contributed by atoms with Gasteiger partial charge in [-0.05, 0) is 12.5 Å². The van der Waals surface area contributed by atoms with Crippen molar-refractivity contribution in [3.63, 3.8) is 0 Å². The molecule has 0 radical (unpaired) electrons. The Morgan fingerprint density at radius 2 is 2.12 bits per heavy atom. The second-order valence-electron chi connectivity index (χ2n) is 3.30. The van der Waals surface area contributed by atoms with Crippen molar-refractivity contribution in [2.75, 3.05) is 0 Å². The van der Waals surface area contributed by atoms with E-state index < -0.39 is 11.8 Å². The van der Waals surface area contributed by atoms with Crippen molar-refractivity contribution in [3.05, 3.63) is 28.7 Å². The third kappa shape index (κ3) is 2.62. The van der Waals surface area contributed by atoms with E-state index in [1.54, 1.807) is 6.92 Å². The Kier molecular flexibility index (Phi) is 4.88. The summed E-state index contributed by atoms with van der Waals surface area (Å²) in [5.74, 6) is -2.81. The van der Waals surface area contributed by atoms with Crippen LogP contribution in [-0.2, 0) is 4.79 Å². The molecule has 2 aromatic rings. The number of aromatic amines is 1. The molecule has 2 rings (SSSR count). The van der Waals surface area contributed by atoms with Crippen LogP contribution in [0.4, 0.5) is 0 Å². The Morgan fingerprint density at radius 3 is 2.71 bits per heavy atom. The molecule has 2 heterocycles. The second-order valence-corrected chi connectivity index (χ2v) is 3.66. The quantitative estimate of drug-likeness (QED) is 0.283. The topological polar surface area (TPSA) is 85.9 Å². The van der Waals surface area contributed by atoms with Gasteiger partial charge >= 0.3 is 51.4 Å². The van der Waals surface area contributed by atoms with E-state index in [1.165, 1.54) is 12.4 Å². The molecule has 0 amide bonds. The number of rotatable bonds is 2. The Labute approximate surface area is 144 Å². The van der Waals surface area contributed by atoms with E-state index in [0.29, 0.717) is 16.5 Å². The summed E-state index contributed by atoms with van der Waals surface area (Å²) in [5, 5.41) is 11.2. The van der Waals surface area contributed by atoms with E-state index >= 15 is 0 Å². The number of aromatic nitrogens is 2. The number of H-pyrrole nitrogens is 1. The van der Waals surface area contributed by atoms with Gasteiger partial charge in [0.15, 0.2) is 5.15 Å². The summed E-state index contributed by atoms with van der Waals surface area (Å²) in [6.07, 6.45) is 2.77. The fourth-order valence-electron chi connectivity index (χ4n) is 1.57. The van der Waals surface area contributed by atoms with Crippen LogP contribution in [0.3, 0.4) is 0 Å². The number of carbonyl (C=O) groups is 2. The van der Waals surface area contributed by atoms with Gasteiger partial charge in [0, 0.05) is 23.3 Å². The van der Waals surface area contributed by atoms with Crippen LogP contribution in [0.2, 0.25) is 5.15 Å². The zero-order chi connectivity index (χ0) is 11.9. The molecule has 82 valence electrons. The first-order valence-corrected chi connectivity index (χ1v) is 4.78. The van der Waals surface area contributed by atoms with E-state index in [2.05, 4.69) is 9.97 Å². The number of Topliss-reactive ketones (excluding diaryl/α,β-unsaturated/α-hetero) is 1. The van der Waals surface area contributed by atoms with Crippen molar-refractivity contribution in [3.8, 4) is 0 Å². The number of carbonyl (C=O) groups excluding carboxylic acids is 2. The molecule has 0 atom stereocenters. The number of hydrogen-bond acceptors (Lipinski definition) is 4. The van der Waals surface area contributed by atoms with E-state index in [1.807, 2.05) is 0 Å². The maximum atomic E-state index is 11.3. The molecule has 0 saturated heterocycles. The number of fused-ring (bicyclic) bond motifs is 1. The zero-order valence-electron chi connectivity index (χ0n) is 9.20. The SMILES string of the molecule is Cc1cnc(Cl)c2[nH]cc(C(=O)C(=O)[O-])c12.[K+]. The minimum absolute atomic E-state index is 0. The summed E-state index contributed by atoms with van der Waals surface area (Å²) in [4.78, 5) is 28.5. The number of ketones is 1. The molecule has 0 aliphatic rings. The summed E-state index contributed by atoms with van der Waals surface area (Å²) in [6, 6.07) is 0. The van der Waals surface area contributed by atoms with Crippen molar-refractivity contribution < 1.29 is 66.1 Å². The van der Waals surface area contributed by atoms with E-state index in [9.17, 15) is 14.7 Å². The molecule has 0 spiro atoms. The molecule has 0 fully saturated rings. The normalized spacial score (nSPS) is 10.0. The van der Waals surface area contributed by atoms with Crippen LogP contribution in [-0.4, -0.2) is 21.7 Å². The first kappa shape index (κ1) is 14.8. The molecule has 17 heavy (non-hydrogen) atoms. The minimum Gasteiger partial charge on any atom is -0.541 e. The zero-order valence-corrected chi connectivity index (χ0v) is 13.1. The predicted molar refractivity (Wildman–Crippen MR) is 55.2 cm³/mol. The molecule has 0 aliphatic heterocycles. The molecular formula is C10H6ClKN2O3. The Hall–Kier alpha value is -0.244. The third-order valence-electron chi connectivity index (χ3n) is 2.28. The van der Waals surface area contributed by atoms with Crippen LogP contribution in [0, 0.1) is 6.92 Å². The van der Waals surface area contributed by atoms with Gasteiger partial charge in [-0.2, -0.15) is 0 Å². The summed E-state index contributed by atoms with van der Waals surface area (Å²) in [5.41, 5.74) is 1.16. The van der Waals surface area contributed by atoms with Crippen LogP contribution in [0.5, 0.6) is 0 Å². The Morgan fingerprint density at radius 1 is 1.47 bits per heavy atom. The van der Waals surface area contributed by atoms with Crippen molar-refractivity contribution in [2.45, 2.75) is 6.92 Å². The Bertz CT molecular complexity index is 609. The molecule has 0 aromatic carbocycles. The Balaban J connectivity index is 0.00000144. The smallest absolute Gasteiger partial charge is 0.541 e. The number of hydrogen-bond donors (Lipinski definition) is 1. The third-order valence-corrected chi connectivity index (χ3v) is 2.57. The van der Waals surface area contributed by atoms with Gasteiger partial charge in [0.25, 0.3) is 0 Å². The largest absolute Gasteiger partial charge is 1.00 e. The molecular weight excluding hydrogens is 271 g/mol. The molecule has 0 bridgehead atoms. The van der Waals surface area contributed by atoms with Crippen LogP contribution in [0.1, 0.15) is 15.9 Å². The van der Waals surface area contributed by atoms with Gasteiger partial charge in [-0.1, -0.05) is 11.6 Å². The second kappa shape index (κ2) is 5.60. The van der Waals surface area contributed by atoms with Crippen molar-refractivity contribution in [2.24, 2.45) is 0 Å². The average Bonchev–Trinajstić information content (AvgIpc) is 2.67. The number of nitrogens with zero attached hydrogens (tertiary/aromatic N) is 1. The summed E-state index contributed by atoms with van der Waals surface area (Å²) >= 11 is 5.81. The molecule has 5 nitrogen and oxygen atoms in total. The molecule has 7 heteroatoms. The standard InChI is InChI=1S/C10H7ClN2O3.K/c1-4-2-13-9(11)7-6(4)5(3-12-7)8(14)10(15)16;/h2-3,12H,1H3,(H,15,16);/q;+1/p-1. The van der Waals surface area contributed by atoms with Gasteiger partial charge in [-0.15, -0.1) is 0 Å². The van der Waals surface area contributed by atoms with Gasteiger partial charge < -0.3 is 14.9 Å². The minimum atomic E-state index is -1.74. The maximum absolute atomic E-state index is 11.3. The number of pyridine rings is 1. The van der Waals surface area contributed by atoms with E-state index in [0.717, 1.165) is 0 Å². The molecule has 2 aromatic heterocycles. The number of aryl methyl sites for hydroxylation is 1. The molecule has 0 unspecified atom stereocenters. The first-order valence-electron chi connectivity index (χ1n) is 4.40. The first-order chi connectivity index (χ1) is 7.52. The van der Waals surface area contributed by atoms with Crippen LogP contribution in [0.15, 0.2) is 12.4 Å². The summed E-state index contributed by atoms with van der Waals surface area (Å²) < 4.78 is 0. The van der Waals surface area contributed by atoms with Crippen molar-refractivity contribution in [1.29, 1.82) is 0 Å². The van der Waals surface area contributed by atoms with Crippen LogP contribution >= 0.6 is 11.6 Å². The van der Waals surface area contributed by atoms with Gasteiger partial charge in [0.1, 0.15) is 5.97 Å². The average molecular weight is 277 g/mol. The number of aliphatic carboxylic acids is 1. The van der Waals surface area contributed by atoms with Crippen molar-refractivity contribution in [1.82, 2.24) is 9.97 Å². The van der Waals surface area contributed by atoms with Crippen LogP contribution in [0.25, 0.3) is 10.9 Å². The number of carboxylic acid groups (broad SMARTS) is 1. The van der Waals surface area contributed by atoms with Gasteiger partial charge in [0.2, 0.25) is 5.78 Å². The molecule has 0 saturated carbocycles. The predicted octanol–water partition coefficient (Wildman–Crippen LogP) is -2.54.